The maximum atomic E-state index is 11.2. The average molecular weight is 665 g/mol. The monoisotopic (exact) mass is 664 g/mol. The molecule has 0 unspecified atom stereocenters. The molecule has 20 heteroatoms. The van der Waals surface area contributed by atoms with Crippen LogP contribution in [-0.2, 0) is 28.4 Å². The van der Waals surface area contributed by atoms with E-state index in [1.807, 2.05) is 0 Å². The fraction of sp³-hybridized carbons (Fsp3) is 1.00. The second-order valence-electron chi connectivity index (χ2n) is 11.6. The zero-order chi connectivity index (χ0) is 33.3. The third-order valence-corrected chi connectivity index (χ3v) is 8.64. The number of ether oxygens (including phenoxy) is 6. The molecule has 4 aliphatic heterocycles. The van der Waals surface area contributed by atoms with E-state index in [0.29, 0.717) is 0 Å². The molecule has 0 spiro atoms. The summed E-state index contributed by atoms with van der Waals surface area (Å²) in [7, 11) is 0. The van der Waals surface area contributed by atoms with E-state index in [4.69, 9.17) is 28.4 Å². The highest BCUT2D eigenvalue weighted by Gasteiger charge is 2.54. The van der Waals surface area contributed by atoms with Crippen molar-refractivity contribution < 1.29 is 99.9 Å². The molecule has 4 fully saturated rings. The Labute approximate surface area is 255 Å². The number of rotatable bonds is 10. The molecule has 4 rings (SSSR count). The predicted molar refractivity (Wildman–Crippen MR) is 137 cm³/mol. The first-order chi connectivity index (χ1) is 21.2. The Hall–Kier alpha value is -0.800. The van der Waals surface area contributed by atoms with Crippen LogP contribution in [0.2, 0.25) is 0 Å². The van der Waals surface area contributed by atoms with E-state index >= 15 is 0 Å². The van der Waals surface area contributed by atoms with Crippen LogP contribution in [0, 0.1) is 0 Å². The summed E-state index contributed by atoms with van der Waals surface area (Å²) in [6, 6.07) is 0. The average Bonchev–Trinajstić information content (AvgIpc) is 3.02. The first kappa shape index (κ1) is 37.0. The maximum absolute atomic E-state index is 11.2. The van der Waals surface area contributed by atoms with Crippen LogP contribution in [0.15, 0.2) is 0 Å². The third kappa shape index (κ3) is 7.60. The summed E-state index contributed by atoms with van der Waals surface area (Å²) in [5.41, 5.74) is 0. The normalized spacial score (nSPS) is 52.9. The first-order valence-corrected chi connectivity index (χ1v) is 14.5. The Morgan fingerprint density at radius 1 is 0.356 bits per heavy atom. The molecule has 4 heterocycles. The molecule has 0 aromatic rings. The highest BCUT2D eigenvalue weighted by atomic mass is 16.7. The zero-order valence-electron chi connectivity index (χ0n) is 23.8. The van der Waals surface area contributed by atoms with Crippen molar-refractivity contribution in [2.45, 2.75) is 135 Å². The highest BCUT2D eigenvalue weighted by Crippen LogP contribution is 2.34. The molecule has 4 saturated heterocycles. The van der Waals surface area contributed by atoms with Crippen molar-refractivity contribution in [2.75, 3.05) is 19.8 Å². The van der Waals surface area contributed by atoms with E-state index in [1.165, 1.54) is 0 Å². The lowest BCUT2D eigenvalue weighted by molar-refractivity contribution is -0.378. The van der Waals surface area contributed by atoms with Gasteiger partial charge in [-0.1, -0.05) is 0 Å². The van der Waals surface area contributed by atoms with Gasteiger partial charge in [0, 0.05) is 0 Å². The molecule has 14 N–H and O–H groups in total. The molecule has 20 atom stereocenters. The van der Waals surface area contributed by atoms with Crippen LogP contribution in [0.25, 0.3) is 0 Å². The summed E-state index contributed by atoms with van der Waals surface area (Å²) in [4.78, 5) is 0. The van der Waals surface area contributed by atoms with E-state index in [2.05, 4.69) is 0 Å². The number of hydrogen-bond donors (Lipinski definition) is 14. The molecular weight excluding hydrogens is 620 g/mol. The van der Waals surface area contributed by atoms with E-state index in [1.54, 1.807) is 0 Å². The van der Waals surface area contributed by atoms with Crippen molar-refractivity contribution in [2.24, 2.45) is 0 Å². The molecule has 20 nitrogen and oxygen atoms in total. The van der Waals surface area contributed by atoms with Crippen molar-refractivity contribution in [3.63, 3.8) is 0 Å². The molecule has 0 amide bonds. The Kier molecular flexibility index (Phi) is 12.8. The molecule has 0 aliphatic carbocycles. The predicted octanol–water partition coefficient (Wildman–Crippen LogP) is -8.94. The Morgan fingerprint density at radius 3 is 1.29 bits per heavy atom. The minimum absolute atomic E-state index is 0.202. The van der Waals surface area contributed by atoms with Gasteiger partial charge in [0.2, 0.25) is 0 Å². The Balaban J connectivity index is 1.56. The summed E-state index contributed by atoms with van der Waals surface area (Å²) in [5.74, 6) is 0. The van der Waals surface area contributed by atoms with Crippen LogP contribution >= 0.6 is 0 Å². The van der Waals surface area contributed by atoms with Gasteiger partial charge in [0.15, 0.2) is 18.9 Å². The highest BCUT2D eigenvalue weighted by molar-refractivity contribution is 4.98. The quantitative estimate of drug-likeness (QED) is 0.103. The van der Waals surface area contributed by atoms with Crippen LogP contribution in [0.4, 0.5) is 0 Å². The Morgan fingerprint density at radius 2 is 0.733 bits per heavy atom. The van der Waals surface area contributed by atoms with E-state index < -0.39 is 142 Å². The van der Waals surface area contributed by atoms with Crippen molar-refractivity contribution in [1.82, 2.24) is 0 Å². The fourth-order valence-corrected chi connectivity index (χ4v) is 5.88. The maximum Gasteiger partial charge on any atom is 0.187 e. The van der Waals surface area contributed by atoms with Crippen molar-refractivity contribution in [3.05, 3.63) is 0 Å². The number of aliphatic hydroxyl groups is 14. The SMILES string of the molecule is OC[C@H]1O[C@@H](CC[C@H]2O[C@@H](O[C@@H]3[C@@H](O)[C@H](O)O[C@H](CO)[C@H]3O)[C@H](O)[C@@H](O[C@@H]3O[C@H](CO)[C@@H](O)[C@H](O)[C@H]3O)[C@@H]2O)[C@H](O)[C@@H](O)[C@@H]1O. The summed E-state index contributed by atoms with van der Waals surface area (Å²) in [6.07, 6.45) is -34.4. The number of aliphatic hydroxyl groups excluding tert-OH is 14. The molecule has 264 valence electrons. The topological polar surface area (TPSA) is 339 Å². The molecule has 0 aromatic heterocycles. The van der Waals surface area contributed by atoms with Crippen molar-refractivity contribution >= 4 is 0 Å². The molecule has 45 heavy (non-hydrogen) atoms. The van der Waals surface area contributed by atoms with Crippen LogP contribution in [0.1, 0.15) is 12.8 Å². The molecule has 0 radical (unpaired) electrons. The van der Waals surface area contributed by atoms with Gasteiger partial charge in [-0.25, -0.2) is 0 Å². The van der Waals surface area contributed by atoms with E-state index in [0.717, 1.165) is 0 Å². The minimum atomic E-state index is -2.01. The minimum Gasteiger partial charge on any atom is -0.394 e. The molecule has 4 aliphatic rings. The van der Waals surface area contributed by atoms with Crippen molar-refractivity contribution in [3.8, 4) is 0 Å². The van der Waals surface area contributed by atoms with Gasteiger partial charge in [0.25, 0.3) is 0 Å². The van der Waals surface area contributed by atoms with Crippen molar-refractivity contribution in [1.29, 1.82) is 0 Å². The first-order valence-electron chi connectivity index (χ1n) is 14.5. The lowest BCUT2D eigenvalue weighted by Gasteiger charge is -2.48. The molecule has 0 saturated carbocycles. The molecule has 0 bridgehead atoms. The van der Waals surface area contributed by atoms with E-state index in [-0.39, 0.29) is 12.8 Å². The zero-order valence-corrected chi connectivity index (χ0v) is 23.8. The second kappa shape index (κ2) is 15.6. The van der Waals surface area contributed by atoms with Crippen LogP contribution in [-0.4, -0.2) is 214 Å². The van der Waals surface area contributed by atoms with Gasteiger partial charge in [0.05, 0.1) is 32.0 Å². The second-order valence-corrected chi connectivity index (χ2v) is 11.6. The lowest BCUT2D eigenvalue weighted by Crippen LogP contribution is -2.66. The van der Waals surface area contributed by atoms with Gasteiger partial charge < -0.3 is 99.9 Å². The van der Waals surface area contributed by atoms with Gasteiger partial charge in [-0.15, -0.1) is 0 Å². The largest absolute Gasteiger partial charge is 0.394 e. The van der Waals surface area contributed by atoms with Gasteiger partial charge in [-0.2, -0.15) is 0 Å². The van der Waals surface area contributed by atoms with Crippen LogP contribution < -0.4 is 0 Å². The van der Waals surface area contributed by atoms with E-state index in [9.17, 15) is 71.5 Å². The Bertz CT molecular complexity index is 914. The smallest absolute Gasteiger partial charge is 0.187 e. The van der Waals surface area contributed by atoms with Gasteiger partial charge in [-0.05, 0) is 12.8 Å². The van der Waals surface area contributed by atoms with Gasteiger partial charge in [-0.3, -0.25) is 0 Å². The summed E-state index contributed by atoms with van der Waals surface area (Å²) in [6.45, 7) is -2.31. The number of hydrogen-bond acceptors (Lipinski definition) is 20. The fourth-order valence-electron chi connectivity index (χ4n) is 5.88. The van der Waals surface area contributed by atoms with Crippen LogP contribution in [0.5, 0.6) is 0 Å². The standard InChI is InChI=1S/C25H44O20/c26-3-8-12(30)16(34)11(29)6(40-8)1-2-7-14(32)22(45-24-18(36)17(35)13(31)9(4-27)43-24)20(38)25(42-7)44-21-15(33)10(5-28)41-23(39)19(21)37/h6-39H,1-5H2/t6-,7+,8+,9+,10+,11-,12+,13+,14+,15+,16+,17-,18+,19+,20+,21-,22-,23+,24-,25-/m0/s1. The lowest BCUT2D eigenvalue weighted by atomic mass is 9.89. The van der Waals surface area contributed by atoms with Crippen LogP contribution in [0.3, 0.4) is 0 Å². The molecule has 0 aromatic carbocycles. The summed E-state index contributed by atoms with van der Waals surface area (Å²) < 4.78 is 32.7. The van der Waals surface area contributed by atoms with Gasteiger partial charge in [0.1, 0.15) is 91.6 Å². The molecular formula is C25H44O20. The third-order valence-electron chi connectivity index (χ3n) is 8.64. The summed E-state index contributed by atoms with van der Waals surface area (Å²) >= 11 is 0. The van der Waals surface area contributed by atoms with Gasteiger partial charge >= 0.3 is 0 Å². The summed E-state index contributed by atoms with van der Waals surface area (Å²) in [5, 5.41) is 143.